The number of aryl methyl sites for hydroxylation is 1. The van der Waals surface area contributed by atoms with E-state index in [9.17, 15) is 4.79 Å². The van der Waals surface area contributed by atoms with Crippen molar-refractivity contribution in [2.45, 2.75) is 13.5 Å². The van der Waals surface area contributed by atoms with Gasteiger partial charge in [-0.25, -0.2) is 4.98 Å². The summed E-state index contributed by atoms with van der Waals surface area (Å²) in [6.45, 7) is 2.25. The Bertz CT molecular complexity index is 666. The summed E-state index contributed by atoms with van der Waals surface area (Å²) in [6, 6.07) is 3.41. The molecule has 4 N–H and O–H groups in total. The number of hydrogen-bond donors (Lipinski definition) is 3. The largest absolute Gasteiger partial charge is 0.482 e. The van der Waals surface area contributed by atoms with Crippen LogP contribution in [0.1, 0.15) is 11.7 Å². The Morgan fingerprint density at radius 3 is 3.10 bits per heavy atom. The van der Waals surface area contributed by atoms with Crippen molar-refractivity contribution in [1.29, 1.82) is 0 Å². The summed E-state index contributed by atoms with van der Waals surface area (Å²) in [7, 11) is 0. The molecule has 104 valence electrons. The molecule has 2 aromatic rings. The first-order valence-electron chi connectivity index (χ1n) is 6.13. The third-order valence-corrected chi connectivity index (χ3v) is 2.88. The first-order chi connectivity index (χ1) is 9.61. The number of carbonyl (C=O) groups excluding carboxylic acids is 1. The Balaban J connectivity index is 1.79. The minimum atomic E-state index is -0.184. The molecule has 0 aliphatic carbocycles. The monoisotopic (exact) mass is 274 g/mol. The molecule has 3 rings (SSSR count). The molecule has 1 amide bonds. The zero-order valence-corrected chi connectivity index (χ0v) is 10.9. The molecule has 7 heteroatoms. The lowest BCUT2D eigenvalue weighted by molar-refractivity contribution is -0.118. The lowest BCUT2D eigenvalue weighted by Crippen LogP contribution is -2.25. The molecule has 2 heterocycles. The fraction of sp³-hybridized carbons (Fsp3) is 0.231. The standard InChI is InChI=1S/C13H14N4O3/c1-7-4-16-13(20-7)5-15-9-3-10-11(2-8(9)14)19-6-12(18)17-10/h2-4,15H,5-6,14H2,1H3,(H,17,18). The van der Waals surface area contributed by atoms with Crippen LogP contribution in [0.2, 0.25) is 0 Å². The number of amides is 1. The van der Waals surface area contributed by atoms with E-state index < -0.39 is 0 Å². The zero-order valence-electron chi connectivity index (χ0n) is 10.9. The zero-order chi connectivity index (χ0) is 14.1. The van der Waals surface area contributed by atoms with E-state index in [1.165, 1.54) is 0 Å². The Hall–Kier alpha value is -2.70. The maximum absolute atomic E-state index is 11.3. The molecular weight excluding hydrogens is 260 g/mol. The molecule has 20 heavy (non-hydrogen) atoms. The molecule has 0 radical (unpaired) electrons. The van der Waals surface area contributed by atoms with Crippen molar-refractivity contribution in [3.8, 4) is 5.75 Å². The lowest BCUT2D eigenvalue weighted by Gasteiger charge is -2.20. The summed E-state index contributed by atoms with van der Waals surface area (Å²) in [5.74, 6) is 1.71. The van der Waals surface area contributed by atoms with E-state index in [2.05, 4.69) is 15.6 Å². The number of nitrogens with two attached hydrogens (primary N) is 1. The third-order valence-electron chi connectivity index (χ3n) is 2.88. The average Bonchev–Trinajstić information content (AvgIpc) is 2.83. The van der Waals surface area contributed by atoms with Gasteiger partial charge in [0.25, 0.3) is 5.91 Å². The van der Waals surface area contributed by atoms with Crippen molar-refractivity contribution in [2.75, 3.05) is 23.0 Å². The normalized spacial score (nSPS) is 13.3. The Morgan fingerprint density at radius 2 is 2.35 bits per heavy atom. The SMILES string of the molecule is Cc1cnc(CNc2cc3c(cc2N)OCC(=O)N3)o1. The first-order valence-corrected chi connectivity index (χ1v) is 6.13. The summed E-state index contributed by atoms with van der Waals surface area (Å²) in [5, 5.41) is 5.85. The molecular formula is C13H14N4O3. The maximum atomic E-state index is 11.3. The Morgan fingerprint density at radius 1 is 1.50 bits per heavy atom. The van der Waals surface area contributed by atoms with Gasteiger partial charge in [0.15, 0.2) is 6.61 Å². The molecule has 7 nitrogen and oxygen atoms in total. The Labute approximate surface area is 115 Å². The van der Waals surface area contributed by atoms with Gasteiger partial charge in [-0.05, 0) is 13.0 Å². The quantitative estimate of drug-likeness (QED) is 0.733. The van der Waals surface area contributed by atoms with Crippen LogP contribution in [0, 0.1) is 6.92 Å². The highest BCUT2D eigenvalue weighted by molar-refractivity contribution is 5.97. The number of carbonyl (C=O) groups is 1. The molecule has 1 aromatic heterocycles. The van der Waals surface area contributed by atoms with Crippen LogP contribution in [0.5, 0.6) is 5.75 Å². The topological polar surface area (TPSA) is 102 Å². The molecule has 0 saturated carbocycles. The molecule has 0 bridgehead atoms. The second-order valence-electron chi connectivity index (χ2n) is 4.49. The third kappa shape index (κ3) is 2.37. The van der Waals surface area contributed by atoms with Crippen molar-refractivity contribution in [1.82, 2.24) is 4.98 Å². The van der Waals surface area contributed by atoms with Gasteiger partial charge >= 0.3 is 0 Å². The molecule has 1 aliphatic rings. The van der Waals surface area contributed by atoms with Gasteiger partial charge in [0, 0.05) is 6.07 Å². The molecule has 0 atom stereocenters. The van der Waals surface area contributed by atoms with E-state index in [1.807, 2.05) is 6.92 Å². The maximum Gasteiger partial charge on any atom is 0.262 e. The Kier molecular flexibility index (Phi) is 2.94. The van der Waals surface area contributed by atoms with Gasteiger partial charge in [0.05, 0.1) is 29.8 Å². The van der Waals surface area contributed by atoms with E-state index in [-0.39, 0.29) is 12.5 Å². The number of anilines is 3. The molecule has 0 fully saturated rings. The van der Waals surface area contributed by atoms with Gasteiger partial charge < -0.3 is 25.5 Å². The number of ether oxygens (including phenoxy) is 1. The van der Waals surface area contributed by atoms with Gasteiger partial charge in [-0.3, -0.25) is 4.79 Å². The van der Waals surface area contributed by atoms with Crippen molar-refractivity contribution >= 4 is 23.0 Å². The lowest BCUT2D eigenvalue weighted by atomic mass is 10.2. The molecule has 0 spiro atoms. The van der Waals surface area contributed by atoms with Crippen LogP contribution >= 0.6 is 0 Å². The second kappa shape index (κ2) is 4.76. The van der Waals surface area contributed by atoms with Crippen molar-refractivity contribution in [3.05, 3.63) is 30.0 Å². The smallest absolute Gasteiger partial charge is 0.262 e. The molecule has 1 aromatic carbocycles. The highest BCUT2D eigenvalue weighted by Gasteiger charge is 2.18. The number of oxazole rings is 1. The first kappa shape index (κ1) is 12.3. The van der Waals surface area contributed by atoms with Crippen LogP contribution in [0.3, 0.4) is 0 Å². The molecule has 1 aliphatic heterocycles. The van der Waals surface area contributed by atoms with Gasteiger partial charge in [0.2, 0.25) is 5.89 Å². The number of hydrogen-bond acceptors (Lipinski definition) is 6. The summed E-state index contributed by atoms with van der Waals surface area (Å²) in [5.41, 5.74) is 7.76. The van der Waals surface area contributed by atoms with E-state index in [1.54, 1.807) is 18.3 Å². The fourth-order valence-electron chi connectivity index (χ4n) is 1.95. The van der Waals surface area contributed by atoms with Gasteiger partial charge in [-0.2, -0.15) is 0 Å². The highest BCUT2D eigenvalue weighted by atomic mass is 16.5. The van der Waals surface area contributed by atoms with Crippen molar-refractivity contribution in [3.63, 3.8) is 0 Å². The van der Waals surface area contributed by atoms with E-state index in [0.29, 0.717) is 35.2 Å². The molecule has 0 unspecified atom stereocenters. The minimum Gasteiger partial charge on any atom is -0.482 e. The number of aromatic nitrogens is 1. The number of fused-ring (bicyclic) bond motifs is 1. The van der Waals surface area contributed by atoms with Gasteiger partial charge in [-0.15, -0.1) is 0 Å². The number of nitrogens with one attached hydrogen (secondary N) is 2. The van der Waals surface area contributed by atoms with Gasteiger partial charge in [0.1, 0.15) is 11.5 Å². The van der Waals surface area contributed by atoms with Crippen LogP contribution in [0.15, 0.2) is 22.7 Å². The number of nitrogens with zero attached hydrogens (tertiary/aromatic N) is 1. The van der Waals surface area contributed by atoms with E-state index in [0.717, 1.165) is 5.76 Å². The summed E-state index contributed by atoms with van der Waals surface area (Å²) in [4.78, 5) is 15.4. The predicted octanol–water partition coefficient (Wildman–Crippen LogP) is 1.51. The molecule has 0 saturated heterocycles. The van der Waals surface area contributed by atoms with Crippen LogP contribution in [0.4, 0.5) is 17.1 Å². The van der Waals surface area contributed by atoms with Crippen molar-refractivity contribution < 1.29 is 13.9 Å². The number of nitrogen functional groups attached to an aromatic ring is 1. The summed E-state index contributed by atoms with van der Waals surface area (Å²) < 4.78 is 10.7. The van der Waals surface area contributed by atoms with Crippen LogP contribution in [0.25, 0.3) is 0 Å². The van der Waals surface area contributed by atoms with Crippen molar-refractivity contribution in [2.24, 2.45) is 0 Å². The van der Waals surface area contributed by atoms with E-state index in [4.69, 9.17) is 14.9 Å². The fourth-order valence-corrected chi connectivity index (χ4v) is 1.95. The van der Waals surface area contributed by atoms with E-state index >= 15 is 0 Å². The number of benzene rings is 1. The minimum absolute atomic E-state index is 0.00874. The average molecular weight is 274 g/mol. The van der Waals surface area contributed by atoms with Crippen LogP contribution in [-0.4, -0.2) is 17.5 Å². The summed E-state index contributed by atoms with van der Waals surface area (Å²) in [6.07, 6.45) is 1.65. The van der Waals surface area contributed by atoms with Crippen LogP contribution < -0.4 is 21.1 Å². The van der Waals surface area contributed by atoms with Gasteiger partial charge in [-0.1, -0.05) is 0 Å². The second-order valence-corrected chi connectivity index (χ2v) is 4.49. The highest BCUT2D eigenvalue weighted by Crippen LogP contribution is 2.35. The summed E-state index contributed by atoms with van der Waals surface area (Å²) >= 11 is 0. The number of rotatable bonds is 3. The van der Waals surface area contributed by atoms with Crippen LogP contribution in [-0.2, 0) is 11.3 Å². The predicted molar refractivity (Wildman–Crippen MR) is 73.5 cm³/mol.